The Morgan fingerprint density at radius 1 is 1.28 bits per heavy atom. The summed E-state index contributed by atoms with van der Waals surface area (Å²) in [4.78, 5) is 15.1. The highest BCUT2D eigenvalue weighted by Crippen LogP contribution is 2.23. The number of rotatable bonds is 6. The molecule has 1 fully saturated rings. The number of hydrogen-bond donors (Lipinski definition) is 1. The maximum Gasteiger partial charge on any atom is 0.244 e. The lowest BCUT2D eigenvalue weighted by Gasteiger charge is -2.34. The molecule has 1 aromatic rings. The minimum Gasteiger partial charge on any atom is -0.351 e. The van der Waals surface area contributed by atoms with Crippen LogP contribution in [0.5, 0.6) is 0 Å². The van der Waals surface area contributed by atoms with Crippen LogP contribution in [-0.2, 0) is 14.8 Å². The van der Waals surface area contributed by atoms with Crippen molar-refractivity contribution in [3.63, 3.8) is 0 Å². The zero-order valence-electron chi connectivity index (χ0n) is 15.5. The average Bonchev–Trinajstić information content (AvgIpc) is 2.54. The third-order valence-electron chi connectivity index (χ3n) is 4.68. The molecule has 1 aromatic carbocycles. The molecule has 1 unspecified atom stereocenters. The molecule has 1 heterocycles. The van der Waals surface area contributed by atoms with Crippen LogP contribution in [-0.4, -0.2) is 57.7 Å². The monoisotopic (exact) mass is 367 g/mol. The smallest absolute Gasteiger partial charge is 0.244 e. The van der Waals surface area contributed by atoms with Gasteiger partial charge in [-0.1, -0.05) is 24.6 Å². The van der Waals surface area contributed by atoms with Gasteiger partial charge in [-0.05, 0) is 58.5 Å². The number of nitrogens with one attached hydrogen (secondary N) is 1. The van der Waals surface area contributed by atoms with Crippen LogP contribution in [0.2, 0.25) is 0 Å². The first-order valence-electron chi connectivity index (χ1n) is 8.77. The molecule has 1 saturated heterocycles. The molecule has 0 aliphatic carbocycles. The number of piperidine rings is 1. The van der Waals surface area contributed by atoms with Crippen molar-refractivity contribution in [3.05, 3.63) is 29.8 Å². The highest BCUT2D eigenvalue weighted by Gasteiger charge is 2.32. The fourth-order valence-corrected chi connectivity index (χ4v) is 4.41. The molecular formula is C18H29N3O3S. The number of likely N-dealkylation sites (tertiary alicyclic amines) is 1. The van der Waals surface area contributed by atoms with E-state index in [1.54, 1.807) is 12.1 Å². The highest BCUT2D eigenvalue weighted by atomic mass is 32.2. The molecule has 1 atom stereocenters. The molecule has 1 aliphatic rings. The molecule has 7 heteroatoms. The Morgan fingerprint density at radius 2 is 1.84 bits per heavy atom. The number of hydrogen-bond acceptors (Lipinski definition) is 4. The molecule has 6 nitrogen and oxygen atoms in total. The van der Waals surface area contributed by atoms with Gasteiger partial charge in [-0.15, -0.1) is 0 Å². The van der Waals surface area contributed by atoms with Crippen LogP contribution >= 0.6 is 0 Å². The van der Waals surface area contributed by atoms with E-state index in [1.807, 2.05) is 26.0 Å². The van der Waals surface area contributed by atoms with Gasteiger partial charge in [0.1, 0.15) is 6.04 Å². The Labute approximate surface area is 151 Å². The second-order valence-electron chi connectivity index (χ2n) is 6.90. The summed E-state index contributed by atoms with van der Waals surface area (Å²) in [5, 5.41) is 3.05. The number of benzene rings is 1. The van der Waals surface area contributed by atoms with E-state index in [9.17, 15) is 13.2 Å². The van der Waals surface area contributed by atoms with Crippen LogP contribution in [0.15, 0.2) is 24.3 Å². The lowest BCUT2D eigenvalue weighted by atomic mass is 10.0. The number of anilines is 1. The van der Waals surface area contributed by atoms with Crippen LogP contribution in [0.25, 0.3) is 0 Å². The number of amides is 1. The van der Waals surface area contributed by atoms with Crippen molar-refractivity contribution in [1.29, 1.82) is 0 Å². The molecule has 1 N–H and O–H groups in total. The van der Waals surface area contributed by atoms with E-state index in [0.717, 1.165) is 37.8 Å². The van der Waals surface area contributed by atoms with Gasteiger partial charge < -0.3 is 10.2 Å². The van der Waals surface area contributed by atoms with Crippen molar-refractivity contribution in [3.8, 4) is 0 Å². The summed E-state index contributed by atoms with van der Waals surface area (Å²) < 4.78 is 26.0. The highest BCUT2D eigenvalue weighted by molar-refractivity contribution is 7.92. The molecule has 0 saturated carbocycles. The molecule has 0 bridgehead atoms. The second kappa shape index (κ2) is 8.19. The second-order valence-corrected chi connectivity index (χ2v) is 8.76. The summed E-state index contributed by atoms with van der Waals surface area (Å²) in [6.45, 7) is 5.66. The zero-order chi connectivity index (χ0) is 18.6. The predicted molar refractivity (Wildman–Crippen MR) is 101 cm³/mol. The van der Waals surface area contributed by atoms with Crippen LogP contribution in [0.3, 0.4) is 0 Å². The van der Waals surface area contributed by atoms with Crippen LogP contribution < -0.4 is 9.62 Å². The van der Waals surface area contributed by atoms with E-state index in [1.165, 1.54) is 4.31 Å². The molecule has 1 aliphatic heterocycles. The van der Waals surface area contributed by atoms with Crippen LogP contribution in [0.4, 0.5) is 5.69 Å². The van der Waals surface area contributed by atoms with Gasteiger partial charge in [-0.3, -0.25) is 9.10 Å². The fraction of sp³-hybridized carbons (Fsp3) is 0.611. The summed E-state index contributed by atoms with van der Waals surface area (Å²) in [5.74, 6) is -0.219. The topological polar surface area (TPSA) is 69.7 Å². The van der Waals surface area contributed by atoms with Crippen LogP contribution in [0, 0.1) is 6.92 Å². The maximum atomic E-state index is 12.8. The first-order valence-corrected chi connectivity index (χ1v) is 10.6. The number of carbonyl (C=O) groups is 1. The first kappa shape index (κ1) is 19.7. The van der Waals surface area contributed by atoms with Crippen molar-refractivity contribution in [1.82, 2.24) is 10.2 Å². The standard InChI is InChI=1S/C18H29N3O3S/c1-5-17(18(22)19-15-10-12-20(3)13-11-15)21(25(4,23)24)16-8-6-14(2)7-9-16/h6-9,15,17H,5,10-13H2,1-4H3,(H,19,22). The van der Waals surface area contributed by atoms with Crippen molar-refractivity contribution in [2.24, 2.45) is 0 Å². The normalized spacial score (nSPS) is 17.9. The lowest BCUT2D eigenvalue weighted by molar-refractivity contribution is -0.123. The largest absolute Gasteiger partial charge is 0.351 e. The summed E-state index contributed by atoms with van der Waals surface area (Å²) in [5.41, 5.74) is 1.57. The third kappa shape index (κ3) is 5.19. The number of carbonyl (C=O) groups excluding carboxylic acids is 1. The van der Waals surface area contributed by atoms with Gasteiger partial charge in [0.05, 0.1) is 11.9 Å². The van der Waals surface area contributed by atoms with Crippen molar-refractivity contribution < 1.29 is 13.2 Å². The Hall–Kier alpha value is -1.60. The average molecular weight is 368 g/mol. The summed E-state index contributed by atoms with van der Waals surface area (Å²) >= 11 is 0. The minimum atomic E-state index is -3.57. The number of aryl methyl sites for hydroxylation is 1. The summed E-state index contributed by atoms with van der Waals surface area (Å²) in [6, 6.07) is 6.59. The molecule has 25 heavy (non-hydrogen) atoms. The molecule has 0 aromatic heterocycles. The number of nitrogens with zero attached hydrogens (tertiary/aromatic N) is 2. The SMILES string of the molecule is CCC(C(=O)NC1CCN(C)CC1)N(c1ccc(C)cc1)S(C)(=O)=O. The van der Waals surface area contributed by atoms with E-state index in [-0.39, 0.29) is 11.9 Å². The third-order valence-corrected chi connectivity index (χ3v) is 5.86. The van der Waals surface area contributed by atoms with E-state index in [2.05, 4.69) is 17.3 Å². The molecule has 0 radical (unpaired) electrons. The maximum absolute atomic E-state index is 12.8. The van der Waals surface area contributed by atoms with E-state index in [0.29, 0.717) is 12.1 Å². The number of sulfonamides is 1. The van der Waals surface area contributed by atoms with Gasteiger partial charge >= 0.3 is 0 Å². The van der Waals surface area contributed by atoms with Crippen molar-refractivity contribution in [2.45, 2.75) is 45.2 Å². The van der Waals surface area contributed by atoms with Gasteiger partial charge in [0.2, 0.25) is 15.9 Å². The van der Waals surface area contributed by atoms with E-state index < -0.39 is 16.1 Å². The molecule has 2 rings (SSSR count). The Morgan fingerprint density at radius 3 is 2.32 bits per heavy atom. The van der Waals surface area contributed by atoms with Crippen LogP contribution in [0.1, 0.15) is 31.7 Å². The van der Waals surface area contributed by atoms with Gasteiger partial charge in [0, 0.05) is 6.04 Å². The molecule has 1 amide bonds. The Balaban J connectivity index is 2.21. The molecule has 140 valence electrons. The Kier molecular flexibility index (Phi) is 6.46. The summed E-state index contributed by atoms with van der Waals surface area (Å²) in [6.07, 6.45) is 3.35. The lowest BCUT2D eigenvalue weighted by Crippen LogP contribution is -2.53. The summed E-state index contributed by atoms with van der Waals surface area (Å²) in [7, 11) is -1.51. The van der Waals surface area contributed by atoms with Crippen molar-refractivity contribution in [2.75, 3.05) is 30.7 Å². The predicted octanol–water partition coefficient (Wildman–Crippen LogP) is 1.75. The van der Waals surface area contributed by atoms with Gasteiger partial charge in [0.25, 0.3) is 0 Å². The minimum absolute atomic E-state index is 0.108. The Bertz CT molecular complexity index is 680. The fourth-order valence-electron chi connectivity index (χ4n) is 3.20. The van der Waals surface area contributed by atoms with E-state index in [4.69, 9.17) is 0 Å². The van der Waals surface area contributed by atoms with Gasteiger partial charge in [-0.25, -0.2) is 8.42 Å². The zero-order valence-corrected chi connectivity index (χ0v) is 16.3. The quantitative estimate of drug-likeness (QED) is 0.832. The van der Waals surface area contributed by atoms with Crippen molar-refractivity contribution >= 4 is 21.6 Å². The van der Waals surface area contributed by atoms with E-state index >= 15 is 0 Å². The van der Waals surface area contributed by atoms with Gasteiger partial charge in [0.15, 0.2) is 0 Å². The first-order chi connectivity index (χ1) is 11.7. The molecule has 0 spiro atoms. The molecular weight excluding hydrogens is 338 g/mol. The van der Waals surface area contributed by atoms with Gasteiger partial charge in [-0.2, -0.15) is 0 Å².